The molecule has 1 unspecified atom stereocenters. The summed E-state index contributed by atoms with van der Waals surface area (Å²) >= 11 is 0. The number of benzene rings is 2. The Labute approximate surface area is 122 Å². The molecule has 20 heavy (non-hydrogen) atoms. The van der Waals surface area contributed by atoms with Crippen LogP contribution in [0.1, 0.15) is 44.2 Å². The zero-order chi connectivity index (χ0) is 14.0. The van der Waals surface area contributed by atoms with Crippen LogP contribution in [0, 0.1) is 11.8 Å². The summed E-state index contributed by atoms with van der Waals surface area (Å²) in [5.74, 6) is 1.62. The Morgan fingerprint density at radius 1 is 0.850 bits per heavy atom. The minimum absolute atomic E-state index is 0.234. The van der Waals surface area contributed by atoms with Crippen molar-refractivity contribution in [2.24, 2.45) is 11.8 Å². The Kier molecular flexibility index (Phi) is 3.65. The maximum absolute atomic E-state index is 2.37. The summed E-state index contributed by atoms with van der Waals surface area (Å²) in [5, 5.41) is 0. The van der Waals surface area contributed by atoms with Crippen LogP contribution in [0.2, 0.25) is 0 Å². The predicted molar refractivity (Wildman–Crippen MR) is 85.8 cm³/mol. The molecule has 0 nitrogen and oxygen atoms in total. The van der Waals surface area contributed by atoms with Crippen molar-refractivity contribution in [2.45, 2.75) is 38.5 Å². The van der Waals surface area contributed by atoms with Crippen molar-refractivity contribution in [3.63, 3.8) is 0 Å². The van der Waals surface area contributed by atoms with Crippen LogP contribution in [0.25, 0.3) is 0 Å². The highest BCUT2D eigenvalue weighted by Gasteiger charge is 2.42. The van der Waals surface area contributed by atoms with E-state index in [9.17, 15) is 0 Å². The van der Waals surface area contributed by atoms with Crippen LogP contribution < -0.4 is 0 Å². The van der Waals surface area contributed by atoms with Crippen molar-refractivity contribution in [3.8, 4) is 0 Å². The van der Waals surface area contributed by atoms with Crippen LogP contribution in [0.5, 0.6) is 0 Å². The molecule has 2 aromatic carbocycles. The van der Waals surface area contributed by atoms with Crippen molar-refractivity contribution in [2.75, 3.05) is 0 Å². The molecular weight excluding hydrogens is 240 g/mol. The van der Waals surface area contributed by atoms with Gasteiger partial charge in [0.15, 0.2) is 0 Å². The molecule has 0 spiro atoms. The Morgan fingerprint density at radius 3 is 1.75 bits per heavy atom. The smallest absolute Gasteiger partial charge is 0.0205 e. The fourth-order valence-electron chi connectivity index (χ4n) is 3.86. The van der Waals surface area contributed by atoms with E-state index in [1.165, 1.54) is 30.4 Å². The van der Waals surface area contributed by atoms with Crippen LogP contribution in [0.4, 0.5) is 0 Å². The molecule has 1 aliphatic rings. The average molecular weight is 264 g/mol. The second-order valence-corrected chi connectivity index (χ2v) is 6.56. The second kappa shape index (κ2) is 5.44. The summed E-state index contributed by atoms with van der Waals surface area (Å²) in [6, 6.07) is 22.2. The van der Waals surface area contributed by atoms with Crippen molar-refractivity contribution < 1.29 is 0 Å². The minimum Gasteiger partial charge on any atom is -0.0625 e. The number of hydrogen-bond acceptors (Lipinski definition) is 0. The van der Waals surface area contributed by atoms with Gasteiger partial charge in [0.25, 0.3) is 0 Å². The first-order chi connectivity index (χ1) is 9.72. The fraction of sp³-hybridized carbons (Fsp3) is 0.400. The normalized spacial score (nSPS) is 21.2. The molecule has 0 heterocycles. The Morgan fingerprint density at radius 2 is 1.35 bits per heavy atom. The first kappa shape index (κ1) is 13.4. The van der Waals surface area contributed by atoms with Gasteiger partial charge < -0.3 is 0 Å². The van der Waals surface area contributed by atoms with Gasteiger partial charge in [0.1, 0.15) is 0 Å². The number of rotatable bonds is 3. The fourth-order valence-corrected chi connectivity index (χ4v) is 3.86. The molecule has 1 atom stereocenters. The first-order valence-electron chi connectivity index (χ1n) is 7.83. The van der Waals surface area contributed by atoms with E-state index in [1.807, 2.05) is 0 Å². The molecule has 0 bridgehead atoms. The van der Waals surface area contributed by atoms with E-state index in [0.29, 0.717) is 0 Å². The quantitative estimate of drug-likeness (QED) is 0.693. The van der Waals surface area contributed by atoms with E-state index in [0.717, 1.165) is 11.8 Å². The molecule has 0 N–H and O–H groups in total. The third kappa shape index (κ3) is 2.28. The van der Waals surface area contributed by atoms with Gasteiger partial charge in [-0.2, -0.15) is 0 Å². The van der Waals surface area contributed by atoms with Crippen LogP contribution >= 0.6 is 0 Å². The molecule has 2 aromatic rings. The van der Waals surface area contributed by atoms with E-state index in [-0.39, 0.29) is 5.41 Å². The predicted octanol–water partition coefficient (Wildman–Crippen LogP) is 5.43. The minimum atomic E-state index is 0.234. The number of hydrogen-bond donors (Lipinski definition) is 0. The molecule has 0 saturated heterocycles. The van der Waals surface area contributed by atoms with Gasteiger partial charge in [-0.3, -0.25) is 0 Å². The Bertz CT molecular complexity index is 499. The van der Waals surface area contributed by atoms with Gasteiger partial charge in [-0.05, 0) is 42.2 Å². The molecule has 0 radical (unpaired) electrons. The van der Waals surface area contributed by atoms with Crippen molar-refractivity contribution in [1.29, 1.82) is 0 Å². The van der Waals surface area contributed by atoms with Crippen LogP contribution in [-0.4, -0.2) is 0 Å². The van der Waals surface area contributed by atoms with Gasteiger partial charge >= 0.3 is 0 Å². The van der Waals surface area contributed by atoms with Gasteiger partial charge in [-0.15, -0.1) is 0 Å². The lowest BCUT2D eigenvalue weighted by Crippen LogP contribution is -2.25. The lowest BCUT2D eigenvalue weighted by molar-refractivity contribution is 0.375. The molecule has 0 amide bonds. The van der Waals surface area contributed by atoms with Gasteiger partial charge in [0, 0.05) is 5.41 Å². The Hall–Kier alpha value is -1.56. The third-order valence-electron chi connectivity index (χ3n) is 5.15. The van der Waals surface area contributed by atoms with E-state index in [1.54, 1.807) is 0 Å². The molecule has 1 aliphatic carbocycles. The van der Waals surface area contributed by atoms with Crippen LogP contribution in [0.3, 0.4) is 0 Å². The summed E-state index contributed by atoms with van der Waals surface area (Å²) in [6.07, 6.45) is 3.92. The van der Waals surface area contributed by atoms with Gasteiger partial charge in [0.05, 0.1) is 0 Å². The molecule has 0 aromatic heterocycles. The largest absolute Gasteiger partial charge is 0.0625 e. The highest BCUT2D eigenvalue weighted by atomic mass is 14.5. The highest BCUT2D eigenvalue weighted by Crippen LogP contribution is 2.50. The lowest BCUT2D eigenvalue weighted by Gasteiger charge is -2.31. The van der Waals surface area contributed by atoms with Crippen LogP contribution in [-0.2, 0) is 5.41 Å². The topological polar surface area (TPSA) is 0 Å². The molecule has 1 fully saturated rings. The van der Waals surface area contributed by atoms with E-state index in [4.69, 9.17) is 0 Å². The summed E-state index contributed by atoms with van der Waals surface area (Å²) in [7, 11) is 0. The summed E-state index contributed by atoms with van der Waals surface area (Å²) in [5.41, 5.74) is 3.22. The molecule has 104 valence electrons. The van der Waals surface area contributed by atoms with E-state index >= 15 is 0 Å². The lowest BCUT2D eigenvalue weighted by atomic mass is 9.72. The van der Waals surface area contributed by atoms with Gasteiger partial charge in [-0.1, -0.05) is 74.5 Å². The zero-order valence-corrected chi connectivity index (χ0v) is 12.5. The molecule has 0 aliphatic heterocycles. The van der Waals surface area contributed by atoms with Gasteiger partial charge in [0.2, 0.25) is 0 Å². The molecule has 3 rings (SSSR count). The average Bonchev–Trinajstić information content (AvgIpc) is 2.96. The van der Waals surface area contributed by atoms with Crippen LogP contribution in [0.15, 0.2) is 60.7 Å². The first-order valence-corrected chi connectivity index (χ1v) is 7.83. The zero-order valence-electron chi connectivity index (χ0n) is 12.5. The van der Waals surface area contributed by atoms with Crippen molar-refractivity contribution >= 4 is 0 Å². The van der Waals surface area contributed by atoms with E-state index < -0.39 is 0 Å². The van der Waals surface area contributed by atoms with Crippen molar-refractivity contribution in [1.82, 2.24) is 0 Å². The summed E-state index contributed by atoms with van der Waals surface area (Å²) in [6.45, 7) is 4.74. The second-order valence-electron chi connectivity index (χ2n) is 6.56. The third-order valence-corrected chi connectivity index (χ3v) is 5.15. The molecule has 1 saturated carbocycles. The summed E-state index contributed by atoms with van der Waals surface area (Å²) in [4.78, 5) is 0. The van der Waals surface area contributed by atoms with Gasteiger partial charge in [-0.25, -0.2) is 0 Å². The summed E-state index contributed by atoms with van der Waals surface area (Å²) < 4.78 is 0. The maximum atomic E-state index is 2.37. The SMILES string of the molecule is CC(C)C1CCC(c2ccccc2)(c2ccccc2)C1. The monoisotopic (exact) mass is 264 g/mol. The highest BCUT2D eigenvalue weighted by molar-refractivity contribution is 5.40. The maximum Gasteiger partial charge on any atom is 0.0205 e. The van der Waals surface area contributed by atoms with Crippen molar-refractivity contribution in [3.05, 3.63) is 71.8 Å². The Balaban J connectivity index is 2.06. The van der Waals surface area contributed by atoms with E-state index in [2.05, 4.69) is 74.5 Å². The molecular formula is C20H24. The standard InChI is InChI=1S/C20H24/c1-16(2)17-13-14-20(15-17,18-9-5-3-6-10-18)19-11-7-4-8-12-19/h3-12,16-17H,13-15H2,1-2H3. The molecule has 0 heteroatoms.